The Hall–Kier alpha value is -1.64. The van der Waals surface area contributed by atoms with E-state index in [2.05, 4.69) is 5.32 Å². The lowest BCUT2D eigenvalue weighted by Gasteiger charge is -2.37. The number of carbonyl (C=O) groups is 2. The predicted molar refractivity (Wildman–Crippen MR) is 120 cm³/mol. The molecule has 0 unspecified atom stereocenters. The molecule has 3 rings (SSSR count). The lowest BCUT2D eigenvalue weighted by molar-refractivity contribution is -0.139. The third-order valence-electron chi connectivity index (χ3n) is 6.21. The van der Waals surface area contributed by atoms with Gasteiger partial charge in [-0.05, 0) is 30.9 Å². The predicted octanol–water partition coefficient (Wildman–Crippen LogP) is 2.89. The molecule has 1 aliphatic heterocycles. The van der Waals surface area contributed by atoms with E-state index in [1.807, 2.05) is 13.8 Å². The van der Waals surface area contributed by atoms with Crippen molar-refractivity contribution in [2.75, 3.05) is 26.2 Å². The molecule has 0 spiro atoms. The van der Waals surface area contributed by atoms with Gasteiger partial charge in [-0.1, -0.05) is 56.8 Å². The van der Waals surface area contributed by atoms with Crippen molar-refractivity contribution in [2.24, 2.45) is 11.8 Å². The first kappa shape index (κ1) is 24.0. The number of piperazine rings is 1. The standard InChI is InChI=1S/C22H32ClN3O4S/c1-16(2)20(24-21(27)17-8-4-3-5-9-17)22(28)25-12-14-26(15-13-25)31(29,30)19-11-7-6-10-18(19)23/h6-7,10-11,16-17,20H,3-5,8-9,12-15H2,1-2H3,(H,24,27)/t20-/m1/s1. The van der Waals surface area contributed by atoms with Gasteiger partial charge in [0.05, 0.1) is 5.02 Å². The summed E-state index contributed by atoms with van der Waals surface area (Å²) < 4.78 is 27.2. The van der Waals surface area contributed by atoms with Crippen LogP contribution in [-0.2, 0) is 19.6 Å². The van der Waals surface area contributed by atoms with Crippen molar-refractivity contribution in [3.63, 3.8) is 0 Å². The van der Waals surface area contributed by atoms with Crippen LogP contribution in [0.25, 0.3) is 0 Å². The topological polar surface area (TPSA) is 86.8 Å². The number of nitrogens with zero attached hydrogens (tertiary/aromatic N) is 2. The zero-order chi connectivity index (χ0) is 22.6. The van der Waals surface area contributed by atoms with Crippen LogP contribution < -0.4 is 5.32 Å². The maximum absolute atomic E-state index is 13.2. The molecule has 0 radical (unpaired) electrons. The lowest BCUT2D eigenvalue weighted by atomic mass is 9.88. The van der Waals surface area contributed by atoms with E-state index in [1.165, 1.54) is 10.4 Å². The molecule has 172 valence electrons. The SMILES string of the molecule is CC(C)[C@@H](NC(=O)C1CCCCC1)C(=O)N1CCN(S(=O)(=O)c2ccccc2Cl)CC1. The third-order valence-corrected chi connectivity index (χ3v) is 8.61. The molecule has 2 aliphatic rings. The van der Waals surface area contributed by atoms with Crippen LogP contribution in [0.5, 0.6) is 0 Å². The Kier molecular flexibility index (Phi) is 7.99. The van der Waals surface area contributed by atoms with Crippen molar-refractivity contribution in [3.05, 3.63) is 29.3 Å². The van der Waals surface area contributed by atoms with Crippen molar-refractivity contribution >= 4 is 33.4 Å². The molecule has 1 aromatic carbocycles. The molecule has 7 nitrogen and oxygen atoms in total. The van der Waals surface area contributed by atoms with Crippen LogP contribution in [0.2, 0.25) is 5.02 Å². The van der Waals surface area contributed by atoms with Gasteiger partial charge in [-0.3, -0.25) is 9.59 Å². The molecule has 2 fully saturated rings. The van der Waals surface area contributed by atoms with Crippen molar-refractivity contribution in [3.8, 4) is 0 Å². The van der Waals surface area contributed by atoms with Crippen LogP contribution in [0, 0.1) is 11.8 Å². The minimum Gasteiger partial charge on any atom is -0.344 e. The highest BCUT2D eigenvalue weighted by molar-refractivity contribution is 7.89. The average Bonchev–Trinajstić information content (AvgIpc) is 2.77. The zero-order valence-electron chi connectivity index (χ0n) is 18.2. The minimum absolute atomic E-state index is 0.0135. The molecule has 1 aliphatic carbocycles. The number of sulfonamides is 1. The first-order valence-electron chi connectivity index (χ1n) is 11.1. The number of halogens is 1. The second kappa shape index (κ2) is 10.3. The molecule has 0 bridgehead atoms. The summed E-state index contributed by atoms with van der Waals surface area (Å²) in [6.45, 7) is 4.79. The molecule has 2 amide bonds. The Balaban J connectivity index is 1.62. The van der Waals surface area contributed by atoms with Gasteiger partial charge in [0.1, 0.15) is 10.9 Å². The van der Waals surface area contributed by atoms with E-state index in [9.17, 15) is 18.0 Å². The number of benzene rings is 1. The molecular weight excluding hydrogens is 438 g/mol. The van der Waals surface area contributed by atoms with Gasteiger partial charge in [0.15, 0.2) is 0 Å². The summed E-state index contributed by atoms with van der Waals surface area (Å²) >= 11 is 6.09. The Morgan fingerprint density at radius 1 is 1.03 bits per heavy atom. The Morgan fingerprint density at radius 3 is 2.23 bits per heavy atom. The largest absolute Gasteiger partial charge is 0.344 e. The first-order valence-corrected chi connectivity index (χ1v) is 12.9. The zero-order valence-corrected chi connectivity index (χ0v) is 19.8. The smallest absolute Gasteiger partial charge is 0.245 e. The molecule has 1 saturated heterocycles. The second-order valence-corrected chi connectivity index (χ2v) is 11.0. The van der Waals surface area contributed by atoms with Gasteiger partial charge in [0.2, 0.25) is 21.8 Å². The second-order valence-electron chi connectivity index (χ2n) is 8.73. The van der Waals surface area contributed by atoms with E-state index in [-0.39, 0.29) is 59.7 Å². The normalized spacial score (nSPS) is 19.9. The van der Waals surface area contributed by atoms with Crippen molar-refractivity contribution in [2.45, 2.75) is 56.9 Å². The Labute approximate surface area is 190 Å². The number of hydrogen-bond acceptors (Lipinski definition) is 4. The van der Waals surface area contributed by atoms with E-state index >= 15 is 0 Å². The highest BCUT2D eigenvalue weighted by Gasteiger charge is 2.35. The van der Waals surface area contributed by atoms with Gasteiger partial charge in [0, 0.05) is 32.1 Å². The molecule has 0 aromatic heterocycles. The molecule has 1 aromatic rings. The van der Waals surface area contributed by atoms with Gasteiger partial charge < -0.3 is 10.2 Å². The number of carbonyl (C=O) groups excluding carboxylic acids is 2. The van der Waals surface area contributed by atoms with Crippen molar-refractivity contribution < 1.29 is 18.0 Å². The quantitative estimate of drug-likeness (QED) is 0.694. The minimum atomic E-state index is -3.72. The molecule has 31 heavy (non-hydrogen) atoms. The van der Waals surface area contributed by atoms with Gasteiger partial charge in [-0.2, -0.15) is 4.31 Å². The Bertz CT molecular complexity index is 892. The molecule has 1 saturated carbocycles. The fourth-order valence-electron chi connectivity index (χ4n) is 4.29. The van der Waals surface area contributed by atoms with Crippen molar-refractivity contribution in [1.29, 1.82) is 0 Å². The monoisotopic (exact) mass is 469 g/mol. The highest BCUT2D eigenvalue weighted by Crippen LogP contribution is 2.26. The highest BCUT2D eigenvalue weighted by atomic mass is 35.5. The van der Waals surface area contributed by atoms with Crippen LogP contribution in [0.3, 0.4) is 0 Å². The van der Waals surface area contributed by atoms with Crippen molar-refractivity contribution in [1.82, 2.24) is 14.5 Å². The summed E-state index contributed by atoms with van der Waals surface area (Å²) in [4.78, 5) is 27.6. The van der Waals surface area contributed by atoms with Gasteiger partial charge in [-0.15, -0.1) is 0 Å². The average molecular weight is 470 g/mol. The van der Waals surface area contributed by atoms with E-state index < -0.39 is 16.1 Å². The molecule has 9 heteroatoms. The fourth-order valence-corrected chi connectivity index (χ4v) is 6.20. The fraction of sp³-hybridized carbons (Fsp3) is 0.636. The summed E-state index contributed by atoms with van der Waals surface area (Å²) in [6.07, 6.45) is 5.03. The lowest BCUT2D eigenvalue weighted by Crippen LogP contribution is -2.57. The summed E-state index contributed by atoms with van der Waals surface area (Å²) in [5.41, 5.74) is 0. The van der Waals surface area contributed by atoms with Crippen LogP contribution in [0.4, 0.5) is 0 Å². The van der Waals surface area contributed by atoms with E-state index in [0.29, 0.717) is 0 Å². The summed E-state index contributed by atoms with van der Waals surface area (Å²) in [6, 6.07) is 5.77. The maximum atomic E-state index is 13.2. The van der Waals surface area contributed by atoms with Crippen LogP contribution in [-0.4, -0.2) is 61.7 Å². The number of hydrogen-bond donors (Lipinski definition) is 1. The molecule has 1 heterocycles. The number of rotatable bonds is 6. The molecular formula is C22H32ClN3O4S. The van der Waals surface area contributed by atoms with E-state index in [4.69, 9.17) is 11.6 Å². The molecule has 1 atom stereocenters. The van der Waals surface area contributed by atoms with E-state index in [1.54, 1.807) is 23.1 Å². The van der Waals surface area contributed by atoms with Gasteiger partial charge in [-0.25, -0.2) is 8.42 Å². The summed E-state index contributed by atoms with van der Waals surface area (Å²) in [5, 5.41) is 3.16. The summed E-state index contributed by atoms with van der Waals surface area (Å²) in [5.74, 6) is -0.244. The third kappa shape index (κ3) is 5.59. The number of nitrogens with one attached hydrogen (secondary N) is 1. The maximum Gasteiger partial charge on any atom is 0.245 e. The Morgan fingerprint density at radius 2 is 1.65 bits per heavy atom. The summed E-state index contributed by atoms with van der Waals surface area (Å²) in [7, 11) is -3.72. The van der Waals surface area contributed by atoms with E-state index in [0.717, 1.165) is 32.1 Å². The van der Waals surface area contributed by atoms with Gasteiger partial charge >= 0.3 is 0 Å². The molecule has 1 N–H and O–H groups in total. The van der Waals surface area contributed by atoms with Crippen LogP contribution in [0.1, 0.15) is 46.0 Å². The first-order chi connectivity index (χ1) is 14.7. The number of amides is 2. The van der Waals surface area contributed by atoms with Gasteiger partial charge in [0.25, 0.3) is 0 Å². The van der Waals surface area contributed by atoms with Crippen LogP contribution >= 0.6 is 11.6 Å². The van der Waals surface area contributed by atoms with Crippen LogP contribution in [0.15, 0.2) is 29.2 Å².